The van der Waals surface area contributed by atoms with Crippen molar-refractivity contribution in [1.29, 1.82) is 0 Å². The first-order valence-electron chi connectivity index (χ1n) is 8.55. The molecule has 124 valence electrons. The van der Waals surface area contributed by atoms with Gasteiger partial charge in [0.15, 0.2) is 0 Å². The molecule has 2 nitrogen and oxygen atoms in total. The lowest BCUT2D eigenvalue weighted by Gasteiger charge is -2.34. The summed E-state index contributed by atoms with van der Waals surface area (Å²) in [5, 5.41) is 9.77. The summed E-state index contributed by atoms with van der Waals surface area (Å²) in [7, 11) is 0. The molecule has 0 radical (unpaired) electrons. The molecule has 0 saturated carbocycles. The summed E-state index contributed by atoms with van der Waals surface area (Å²) in [6.45, 7) is 0. The maximum atomic E-state index is 9.77. The van der Waals surface area contributed by atoms with Gasteiger partial charge in [0.2, 0.25) is 0 Å². The number of allylic oxidation sites excluding steroid dienone is 4. The van der Waals surface area contributed by atoms with Gasteiger partial charge in [0.25, 0.3) is 0 Å². The molecular formula is C22H25NO. The first-order valence-corrected chi connectivity index (χ1v) is 8.55. The van der Waals surface area contributed by atoms with Crippen LogP contribution in [0, 0.1) is 5.41 Å². The zero-order valence-electron chi connectivity index (χ0n) is 13.9. The summed E-state index contributed by atoms with van der Waals surface area (Å²) in [4.78, 5) is 0. The van der Waals surface area contributed by atoms with Crippen LogP contribution in [0.5, 0.6) is 0 Å². The standard InChI is InChI=1S/C22H25NO/c23-21(24)17-22(16-20-9-5-2-6-10-20)13-11-19(12-14-22)15-18-7-3-1-4-8-18/h1-13,21,24H,14-17,23H2. The Labute approximate surface area is 144 Å². The second-order valence-corrected chi connectivity index (χ2v) is 6.78. The van der Waals surface area contributed by atoms with E-state index < -0.39 is 6.23 Å². The van der Waals surface area contributed by atoms with Crippen LogP contribution in [-0.4, -0.2) is 11.3 Å². The van der Waals surface area contributed by atoms with E-state index in [4.69, 9.17) is 5.73 Å². The van der Waals surface area contributed by atoms with Gasteiger partial charge < -0.3 is 10.8 Å². The largest absolute Gasteiger partial charge is 0.379 e. The third-order valence-electron chi connectivity index (χ3n) is 4.69. The molecule has 2 aromatic carbocycles. The van der Waals surface area contributed by atoms with E-state index in [-0.39, 0.29) is 5.41 Å². The highest BCUT2D eigenvalue weighted by molar-refractivity contribution is 5.34. The van der Waals surface area contributed by atoms with Crippen molar-refractivity contribution < 1.29 is 5.11 Å². The number of rotatable bonds is 6. The predicted octanol–water partition coefficient (Wildman–Crippen LogP) is 4.01. The van der Waals surface area contributed by atoms with Gasteiger partial charge in [-0.15, -0.1) is 0 Å². The summed E-state index contributed by atoms with van der Waals surface area (Å²) in [5.74, 6) is 0. The highest BCUT2D eigenvalue weighted by Gasteiger charge is 2.30. The fraction of sp³-hybridized carbons (Fsp3) is 0.273. The second kappa shape index (κ2) is 7.61. The molecule has 0 spiro atoms. The highest BCUT2D eigenvalue weighted by atomic mass is 16.3. The van der Waals surface area contributed by atoms with Gasteiger partial charge in [0.05, 0.1) is 0 Å². The molecule has 0 aliphatic heterocycles. The van der Waals surface area contributed by atoms with Crippen LogP contribution in [0.1, 0.15) is 24.0 Å². The van der Waals surface area contributed by atoms with Crippen molar-refractivity contribution in [2.75, 3.05) is 0 Å². The molecule has 1 aliphatic carbocycles. The topological polar surface area (TPSA) is 46.2 Å². The van der Waals surface area contributed by atoms with E-state index >= 15 is 0 Å². The second-order valence-electron chi connectivity index (χ2n) is 6.78. The summed E-state index contributed by atoms with van der Waals surface area (Å²) in [5.41, 5.74) is 9.55. The fourth-order valence-corrected chi connectivity index (χ4v) is 3.49. The summed E-state index contributed by atoms with van der Waals surface area (Å²) in [6.07, 6.45) is 9.32. The minimum atomic E-state index is -0.789. The monoisotopic (exact) mass is 319 g/mol. The zero-order valence-corrected chi connectivity index (χ0v) is 13.9. The molecule has 0 aromatic heterocycles. The van der Waals surface area contributed by atoms with Crippen LogP contribution in [0.15, 0.2) is 84.5 Å². The normalized spacial score (nSPS) is 21.3. The quantitative estimate of drug-likeness (QED) is 0.790. The highest BCUT2D eigenvalue weighted by Crippen LogP contribution is 2.38. The van der Waals surface area contributed by atoms with Crippen molar-refractivity contribution in [3.63, 3.8) is 0 Å². The lowest BCUT2D eigenvalue weighted by atomic mass is 9.72. The molecule has 0 fully saturated rings. The van der Waals surface area contributed by atoms with Crippen LogP contribution < -0.4 is 5.73 Å². The van der Waals surface area contributed by atoms with E-state index in [1.54, 1.807) is 0 Å². The van der Waals surface area contributed by atoms with Crippen molar-refractivity contribution in [1.82, 2.24) is 0 Å². The SMILES string of the molecule is NC(O)CC1(Cc2ccccc2)C=CC(Cc2ccccc2)=CC1. The maximum Gasteiger partial charge on any atom is 0.103 e. The van der Waals surface area contributed by atoms with Crippen LogP contribution in [-0.2, 0) is 12.8 Å². The Kier molecular flexibility index (Phi) is 5.29. The van der Waals surface area contributed by atoms with Gasteiger partial charge in [-0.3, -0.25) is 0 Å². The average Bonchev–Trinajstić information content (AvgIpc) is 2.58. The summed E-state index contributed by atoms with van der Waals surface area (Å²) >= 11 is 0. The number of aliphatic hydroxyl groups excluding tert-OH is 1. The third-order valence-corrected chi connectivity index (χ3v) is 4.69. The van der Waals surface area contributed by atoms with Crippen LogP contribution in [0.4, 0.5) is 0 Å². The van der Waals surface area contributed by atoms with Gasteiger partial charge >= 0.3 is 0 Å². The maximum absolute atomic E-state index is 9.77. The molecule has 0 saturated heterocycles. The van der Waals surface area contributed by atoms with Gasteiger partial charge in [-0.1, -0.05) is 78.9 Å². The van der Waals surface area contributed by atoms with Gasteiger partial charge in [-0.2, -0.15) is 0 Å². The Balaban J connectivity index is 1.74. The van der Waals surface area contributed by atoms with Gasteiger partial charge in [-0.25, -0.2) is 0 Å². The molecule has 0 bridgehead atoms. The molecule has 2 unspecified atom stereocenters. The molecule has 0 amide bonds. The first kappa shape index (κ1) is 16.7. The smallest absolute Gasteiger partial charge is 0.103 e. The molecule has 2 aromatic rings. The number of nitrogens with two attached hydrogens (primary N) is 1. The van der Waals surface area contributed by atoms with E-state index in [1.807, 2.05) is 12.1 Å². The van der Waals surface area contributed by atoms with Crippen LogP contribution in [0.3, 0.4) is 0 Å². The first-order chi connectivity index (χ1) is 11.7. The summed E-state index contributed by atoms with van der Waals surface area (Å²) < 4.78 is 0. The van der Waals surface area contributed by atoms with Crippen molar-refractivity contribution in [3.05, 3.63) is 95.6 Å². The van der Waals surface area contributed by atoms with E-state index in [0.29, 0.717) is 6.42 Å². The summed E-state index contributed by atoms with van der Waals surface area (Å²) in [6, 6.07) is 20.9. The molecule has 3 rings (SSSR count). The van der Waals surface area contributed by atoms with Crippen molar-refractivity contribution >= 4 is 0 Å². The zero-order chi connectivity index (χ0) is 16.8. The fourth-order valence-electron chi connectivity index (χ4n) is 3.49. The number of hydrogen-bond acceptors (Lipinski definition) is 2. The van der Waals surface area contributed by atoms with Crippen molar-refractivity contribution in [2.45, 2.75) is 31.9 Å². The Morgan fingerprint density at radius 3 is 2.12 bits per heavy atom. The van der Waals surface area contributed by atoms with E-state index in [9.17, 15) is 5.11 Å². The predicted molar refractivity (Wildman–Crippen MR) is 99.4 cm³/mol. The minimum Gasteiger partial charge on any atom is -0.379 e. The van der Waals surface area contributed by atoms with E-state index in [2.05, 4.69) is 66.8 Å². The molecule has 0 heterocycles. The van der Waals surface area contributed by atoms with Gasteiger partial charge in [-0.05, 0) is 47.8 Å². The van der Waals surface area contributed by atoms with Crippen LogP contribution in [0.2, 0.25) is 0 Å². The third kappa shape index (κ3) is 4.44. The Hall–Kier alpha value is -2.16. The number of aliphatic hydroxyl groups is 1. The Morgan fingerprint density at radius 2 is 1.58 bits per heavy atom. The lowest BCUT2D eigenvalue weighted by Crippen LogP contribution is -2.32. The lowest BCUT2D eigenvalue weighted by molar-refractivity contribution is 0.124. The number of hydrogen-bond donors (Lipinski definition) is 2. The van der Waals surface area contributed by atoms with E-state index in [0.717, 1.165) is 19.3 Å². The molecule has 3 N–H and O–H groups in total. The minimum absolute atomic E-state index is 0.101. The Bertz CT molecular complexity index is 703. The molecule has 24 heavy (non-hydrogen) atoms. The van der Waals surface area contributed by atoms with Crippen molar-refractivity contribution in [2.24, 2.45) is 11.1 Å². The van der Waals surface area contributed by atoms with E-state index in [1.165, 1.54) is 16.7 Å². The van der Waals surface area contributed by atoms with Crippen LogP contribution in [0.25, 0.3) is 0 Å². The molecule has 2 heteroatoms. The van der Waals surface area contributed by atoms with Crippen molar-refractivity contribution in [3.8, 4) is 0 Å². The van der Waals surface area contributed by atoms with Gasteiger partial charge in [0, 0.05) is 0 Å². The average molecular weight is 319 g/mol. The Morgan fingerprint density at radius 1 is 0.958 bits per heavy atom. The number of benzene rings is 2. The molecule has 2 atom stereocenters. The van der Waals surface area contributed by atoms with Gasteiger partial charge in [0.1, 0.15) is 6.23 Å². The molecular weight excluding hydrogens is 294 g/mol. The van der Waals surface area contributed by atoms with Crippen LogP contribution >= 0.6 is 0 Å². The molecule has 1 aliphatic rings.